The van der Waals surface area contributed by atoms with E-state index in [0.717, 1.165) is 31.6 Å². The quantitative estimate of drug-likeness (QED) is 0.864. The van der Waals surface area contributed by atoms with Crippen LogP contribution in [0.1, 0.15) is 23.3 Å². The number of carbonyl (C=O) groups excluding carboxylic acids is 1. The third-order valence-corrected chi connectivity index (χ3v) is 3.93. The molecule has 2 N–H and O–H groups in total. The van der Waals surface area contributed by atoms with Crippen LogP contribution < -0.4 is 5.73 Å². The lowest BCUT2D eigenvalue weighted by Crippen LogP contribution is -2.42. The first-order chi connectivity index (χ1) is 10.2. The molecular formula is C16H20N4O. The molecule has 3 rings (SSSR count). The maximum atomic E-state index is 12.5. The fraction of sp³-hybridized carbons (Fsp3) is 0.375. The third kappa shape index (κ3) is 3.20. The standard InChI is InChI=1S/C16H20N4O/c17-13-7-10-19(11-8-13)12-16(21)15-6-9-18-20(15)14-4-2-1-3-5-14/h1-6,9,13H,7-8,10-12,17H2. The molecule has 0 amide bonds. The van der Waals surface area contributed by atoms with Gasteiger partial charge in [-0.25, -0.2) is 4.68 Å². The van der Waals surface area contributed by atoms with Gasteiger partial charge in [-0.1, -0.05) is 18.2 Å². The Morgan fingerprint density at radius 3 is 2.62 bits per heavy atom. The van der Waals surface area contributed by atoms with Crippen LogP contribution in [0, 0.1) is 0 Å². The van der Waals surface area contributed by atoms with Crippen LogP contribution in [-0.4, -0.2) is 46.1 Å². The van der Waals surface area contributed by atoms with Gasteiger partial charge in [0.15, 0.2) is 5.78 Å². The highest BCUT2D eigenvalue weighted by Crippen LogP contribution is 2.13. The van der Waals surface area contributed by atoms with Crippen LogP contribution in [0.4, 0.5) is 0 Å². The van der Waals surface area contributed by atoms with Gasteiger partial charge in [-0.3, -0.25) is 9.69 Å². The zero-order chi connectivity index (χ0) is 14.7. The number of carbonyl (C=O) groups is 1. The van der Waals surface area contributed by atoms with Gasteiger partial charge < -0.3 is 5.73 Å². The van der Waals surface area contributed by atoms with Crippen molar-refractivity contribution in [2.45, 2.75) is 18.9 Å². The Morgan fingerprint density at radius 1 is 1.19 bits per heavy atom. The molecule has 1 aliphatic rings. The molecule has 1 aromatic heterocycles. The van der Waals surface area contributed by atoms with Crippen LogP contribution in [0.15, 0.2) is 42.6 Å². The molecule has 21 heavy (non-hydrogen) atoms. The van der Waals surface area contributed by atoms with E-state index in [4.69, 9.17) is 5.73 Å². The topological polar surface area (TPSA) is 64.2 Å². The van der Waals surface area contributed by atoms with Gasteiger partial charge in [-0.15, -0.1) is 0 Å². The van der Waals surface area contributed by atoms with E-state index >= 15 is 0 Å². The van der Waals surface area contributed by atoms with Gasteiger partial charge in [0.05, 0.1) is 18.4 Å². The molecule has 1 aliphatic heterocycles. The fourth-order valence-corrected chi connectivity index (χ4v) is 2.68. The maximum Gasteiger partial charge on any atom is 0.195 e. The van der Waals surface area contributed by atoms with Crippen molar-refractivity contribution in [1.82, 2.24) is 14.7 Å². The number of hydrogen-bond donors (Lipinski definition) is 1. The smallest absolute Gasteiger partial charge is 0.195 e. The van der Waals surface area contributed by atoms with E-state index in [0.29, 0.717) is 12.2 Å². The van der Waals surface area contributed by atoms with E-state index in [1.165, 1.54) is 0 Å². The molecule has 2 heterocycles. The van der Waals surface area contributed by atoms with Crippen LogP contribution in [0.2, 0.25) is 0 Å². The normalized spacial score (nSPS) is 17.0. The first kappa shape index (κ1) is 14.0. The van der Waals surface area contributed by atoms with Gasteiger partial charge in [0.1, 0.15) is 5.69 Å². The number of Topliss-reactive ketones (excluding diaryl/α,β-unsaturated/α-hetero) is 1. The third-order valence-electron chi connectivity index (χ3n) is 3.93. The van der Waals surface area contributed by atoms with Crippen molar-refractivity contribution in [3.8, 4) is 5.69 Å². The van der Waals surface area contributed by atoms with Gasteiger partial charge >= 0.3 is 0 Å². The van der Waals surface area contributed by atoms with Crippen molar-refractivity contribution in [3.63, 3.8) is 0 Å². The van der Waals surface area contributed by atoms with Crippen molar-refractivity contribution in [3.05, 3.63) is 48.3 Å². The minimum absolute atomic E-state index is 0.104. The van der Waals surface area contributed by atoms with E-state index in [9.17, 15) is 4.79 Å². The number of aromatic nitrogens is 2. The summed E-state index contributed by atoms with van der Waals surface area (Å²) in [6, 6.07) is 11.8. The van der Waals surface area contributed by atoms with E-state index in [1.54, 1.807) is 16.9 Å². The van der Waals surface area contributed by atoms with Gasteiger partial charge in [-0.05, 0) is 31.0 Å². The van der Waals surface area contributed by atoms with Crippen LogP contribution in [-0.2, 0) is 0 Å². The summed E-state index contributed by atoms with van der Waals surface area (Å²) in [4.78, 5) is 14.7. The number of para-hydroxylation sites is 1. The number of likely N-dealkylation sites (tertiary alicyclic amines) is 1. The molecule has 0 aliphatic carbocycles. The summed E-state index contributed by atoms with van der Waals surface area (Å²) in [5.74, 6) is 0.104. The number of nitrogens with zero attached hydrogens (tertiary/aromatic N) is 3. The van der Waals surface area contributed by atoms with Gasteiger partial charge in [-0.2, -0.15) is 5.10 Å². The Kier molecular flexibility index (Phi) is 4.13. The number of ketones is 1. The van der Waals surface area contributed by atoms with Crippen LogP contribution in [0.5, 0.6) is 0 Å². The molecule has 0 radical (unpaired) electrons. The lowest BCUT2D eigenvalue weighted by Gasteiger charge is -2.29. The Balaban J connectivity index is 1.73. The molecule has 0 unspecified atom stereocenters. The molecule has 0 bridgehead atoms. The molecule has 0 saturated carbocycles. The zero-order valence-corrected chi connectivity index (χ0v) is 12.0. The van der Waals surface area contributed by atoms with Crippen LogP contribution in [0.3, 0.4) is 0 Å². The van der Waals surface area contributed by atoms with E-state index in [-0.39, 0.29) is 11.8 Å². The summed E-state index contributed by atoms with van der Waals surface area (Å²) < 4.78 is 1.71. The molecule has 0 spiro atoms. The van der Waals surface area contributed by atoms with Gasteiger partial charge in [0, 0.05) is 19.1 Å². The summed E-state index contributed by atoms with van der Waals surface area (Å²) in [6.45, 7) is 2.23. The SMILES string of the molecule is NC1CCN(CC(=O)c2ccnn2-c2ccccc2)CC1. The van der Waals surface area contributed by atoms with Crippen molar-refractivity contribution in [2.24, 2.45) is 5.73 Å². The number of rotatable bonds is 4. The Morgan fingerprint density at radius 2 is 1.90 bits per heavy atom. The molecule has 110 valence electrons. The summed E-state index contributed by atoms with van der Waals surface area (Å²) in [5, 5.41) is 4.27. The largest absolute Gasteiger partial charge is 0.328 e. The highest BCUT2D eigenvalue weighted by Gasteiger charge is 2.21. The maximum absolute atomic E-state index is 12.5. The fourth-order valence-electron chi connectivity index (χ4n) is 2.68. The van der Waals surface area contributed by atoms with Crippen LogP contribution in [0.25, 0.3) is 5.69 Å². The second-order valence-corrected chi connectivity index (χ2v) is 5.50. The van der Waals surface area contributed by atoms with E-state index in [1.807, 2.05) is 30.3 Å². The Bertz CT molecular complexity index is 600. The van der Waals surface area contributed by atoms with Gasteiger partial charge in [0.25, 0.3) is 0 Å². The molecule has 2 aromatic rings. The molecule has 1 fully saturated rings. The summed E-state index contributed by atoms with van der Waals surface area (Å²) in [5.41, 5.74) is 7.44. The average Bonchev–Trinajstić information content (AvgIpc) is 3.00. The van der Waals surface area contributed by atoms with Crippen molar-refractivity contribution in [1.29, 1.82) is 0 Å². The molecule has 5 heteroatoms. The lowest BCUT2D eigenvalue weighted by atomic mass is 10.1. The highest BCUT2D eigenvalue weighted by molar-refractivity contribution is 5.96. The molecule has 0 atom stereocenters. The highest BCUT2D eigenvalue weighted by atomic mass is 16.1. The predicted molar refractivity (Wildman–Crippen MR) is 81.5 cm³/mol. The van der Waals surface area contributed by atoms with Crippen molar-refractivity contribution < 1.29 is 4.79 Å². The van der Waals surface area contributed by atoms with E-state index in [2.05, 4.69) is 10.00 Å². The number of piperidine rings is 1. The first-order valence-electron chi connectivity index (χ1n) is 7.34. The molecule has 5 nitrogen and oxygen atoms in total. The number of nitrogens with two attached hydrogens (primary N) is 1. The summed E-state index contributed by atoms with van der Waals surface area (Å²) in [6.07, 6.45) is 3.60. The molecule has 1 saturated heterocycles. The van der Waals surface area contributed by atoms with Crippen LogP contribution >= 0.6 is 0 Å². The van der Waals surface area contributed by atoms with Crippen molar-refractivity contribution >= 4 is 5.78 Å². The second-order valence-electron chi connectivity index (χ2n) is 5.50. The van der Waals surface area contributed by atoms with E-state index < -0.39 is 0 Å². The summed E-state index contributed by atoms with van der Waals surface area (Å²) in [7, 11) is 0. The van der Waals surface area contributed by atoms with Crippen molar-refractivity contribution in [2.75, 3.05) is 19.6 Å². The Labute approximate surface area is 124 Å². The minimum atomic E-state index is 0.104. The number of benzene rings is 1. The molecular weight excluding hydrogens is 264 g/mol. The predicted octanol–water partition coefficient (Wildman–Crippen LogP) is 1.48. The first-order valence-corrected chi connectivity index (χ1v) is 7.34. The second kappa shape index (κ2) is 6.20. The lowest BCUT2D eigenvalue weighted by molar-refractivity contribution is 0.0902. The minimum Gasteiger partial charge on any atom is -0.328 e. The Hall–Kier alpha value is -1.98. The molecule has 1 aromatic carbocycles. The van der Waals surface area contributed by atoms with Gasteiger partial charge in [0.2, 0.25) is 0 Å². The number of hydrogen-bond acceptors (Lipinski definition) is 4. The average molecular weight is 284 g/mol. The summed E-state index contributed by atoms with van der Waals surface area (Å²) >= 11 is 0. The monoisotopic (exact) mass is 284 g/mol. The zero-order valence-electron chi connectivity index (χ0n) is 12.0.